The molecule has 1 saturated heterocycles. The number of rotatable bonds is 1. The van der Waals surface area contributed by atoms with E-state index < -0.39 is 0 Å². The zero-order valence-electron chi connectivity index (χ0n) is 6.54. The van der Waals surface area contributed by atoms with Crippen LogP contribution in [-0.4, -0.2) is 12.7 Å². The standard InChI is InChI=1S/C7H9NO2.Na/c8-4-3-6(9)7-2-1-5-10-7;/h3,7,9H,1-2,5H2;/q;+1/p-1/b6-3-;. The maximum atomic E-state index is 10.8. The van der Waals surface area contributed by atoms with Crippen LogP contribution in [0.3, 0.4) is 0 Å². The van der Waals surface area contributed by atoms with E-state index in [0.29, 0.717) is 6.61 Å². The average molecular weight is 161 g/mol. The van der Waals surface area contributed by atoms with E-state index in [4.69, 9.17) is 10.00 Å². The molecule has 0 radical (unpaired) electrons. The molecule has 1 heterocycles. The van der Waals surface area contributed by atoms with Crippen molar-refractivity contribution in [2.24, 2.45) is 0 Å². The Labute approximate surface area is 87.9 Å². The molecular formula is C7H8NNaO2. The summed E-state index contributed by atoms with van der Waals surface area (Å²) in [5.41, 5.74) is 0. The fourth-order valence-electron chi connectivity index (χ4n) is 0.959. The van der Waals surface area contributed by atoms with Crippen LogP contribution in [-0.2, 0) is 4.74 Å². The maximum absolute atomic E-state index is 10.8. The molecule has 0 saturated carbocycles. The predicted molar refractivity (Wildman–Crippen MR) is 32.7 cm³/mol. The van der Waals surface area contributed by atoms with Crippen molar-refractivity contribution in [3.63, 3.8) is 0 Å². The average Bonchev–Trinajstić information content (AvgIpc) is 2.38. The molecule has 1 fully saturated rings. The summed E-state index contributed by atoms with van der Waals surface area (Å²) in [5.74, 6) is -0.194. The summed E-state index contributed by atoms with van der Waals surface area (Å²) < 4.78 is 5.04. The Morgan fingerprint density at radius 1 is 1.73 bits per heavy atom. The fraction of sp³-hybridized carbons (Fsp3) is 0.571. The molecule has 0 aromatic heterocycles. The Morgan fingerprint density at radius 3 is 2.91 bits per heavy atom. The van der Waals surface area contributed by atoms with Crippen molar-refractivity contribution >= 4 is 0 Å². The Morgan fingerprint density at radius 2 is 2.45 bits per heavy atom. The van der Waals surface area contributed by atoms with Crippen LogP contribution in [0.25, 0.3) is 0 Å². The van der Waals surface area contributed by atoms with E-state index in [1.165, 1.54) is 0 Å². The molecule has 1 atom stereocenters. The number of hydrogen-bond donors (Lipinski definition) is 0. The van der Waals surface area contributed by atoms with Crippen LogP contribution in [0.5, 0.6) is 0 Å². The first kappa shape index (κ1) is 11.0. The first-order valence-electron chi connectivity index (χ1n) is 3.23. The summed E-state index contributed by atoms with van der Waals surface area (Å²) in [7, 11) is 0. The number of allylic oxidation sites excluding steroid dienone is 1. The predicted octanol–water partition coefficient (Wildman–Crippen LogP) is -3.06. The third-order valence-electron chi connectivity index (χ3n) is 1.45. The van der Waals surface area contributed by atoms with E-state index in [0.717, 1.165) is 18.9 Å². The summed E-state index contributed by atoms with van der Waals surface area (Å²) >= 11 is 0. The molecule has 3 nitrogen and oxygen atoms in total. The van der Waals surface area contributed by atoms with Gasteiger partial charge in [-0.05, 0) is 12.8 Å². The molecular weight excluding hydrogens is 153 g/mol. The Balaban J connectivity index is 0.000001000. The summed E-state index contributed by atoms with van der Waals surface area (Å²) in [6, 6.07) is 1.69. The van der Waals surface area contributed by atoms with E-state index in [9.17, 15) is 5.11 Å². The van der Waals surface area contributed by atoms with Crippen molar-refractivity contribution in [3.8, 4) is 6.07 Å². The van der Waals surface area contributed by atoms with Gasteiger partial charge in [0.1, 0.15) is 0 Å². The van der Waals surface area contributed by atoms with Crippen LogP contribution in [0.2, 0.25) is 0 Å². The minimum atomic E-state index is -0.334. The summed E-state index contributed by atoms with van der Waals surface area (Å²) in [6.45, 7) is 0.648. The zero-order valence-corrected chi connectivity index (χ0v) is 8.54. The second-order valence-electron chi connectivity index (χ2n) is 2.18. The molecule has 0 aromatic carbocycles. The molecule has 4 heteroatoms. The van der Waals surface area contributed by atoms with Gasteiger partial charge in [0, 0.05) is 12.7 Å². The van der Waals surface area contributed by atoms with Crippen LogP contribution in [0.15, 0.2) is 11.8 Å². The van der Waals surface area contributed by atoms with Crippen LogP contribution in [0.1, 0.15) is 12.8 Å². The van der Waals surface area contributed by atoms with Crippen molar-refractivity contribution in [1.82, 2.24) is 0 Å². The third-order valence-corrected chi connectivity index (χ3v) is 1.45. The third kappa shape index (κ3) is 3.26. The van der Waals surface area contributed by atoms with Gasteiger partial charge in [0.2, 0.25) is 0 Å². The smallest absolute Gasteiger partial charge is 0.873 e. The van der Waals surface area contributed by atoms with Crippen LogP contribution in [0.4, 0.5) is 0 Å². The van der Waals surface area contributed by atoms with Gasteiger partial charge in [-0.1, -0.05) is 5.76 Å². The van der Waals surface area contributed by atoms with Gasteiger partial charge in [0.25, 0.3) is 0 Å². The molecule has 0 bridgehead atoms. The molecule has 0 aliphatic carbocycles. The number of hydrogen-bond acceptors (Lipinski definition) is 3. The Hall–Kier alpha value is -0.0100. The van der Waals surface area contributed by atoms with Gasteiger partial charge in [-0.3, -0.25) is 0 Å². The Bertz CT molecular complexity index is 179. The minimum Gasteiger partial charge on any atom is -0.873 e. The first-order valence-corrected chi connectivity index (χ1v) is 3.23. The monoisotopic (exact) mass is 161 g/mol. The van der Waals surface area contributed by atoms with Crippen LogP contribution in [0, 0.1) is 11.3 Å². The van der Waals surface area contributed by atoms with E-state index >= 15 is 0 Å². The molecule has 0 amide bonds. The molecule has 0 N–H and O–H groups in total. The van der Waals surface area contributed by atoms with Gasteiger partial charge in [0.15, 0.2) is 0 Å². The Kier molecular flexibility index (Phi) is 5.61. The van der Waals surface area contributed by atoms with Crippen LogP contribution < -0.4 is 34.7 Å². The van der Waals surface area contributed by atoms with Crippen molar-refractivity contribution in [1.29, 1.82) is 5.26 Å². The molecule has 1 unspecified atom stereocenters. The van der Waals surface area contributed by atoms with Gasteiger partial charge in [-0.15, -0.1) is 0 Å². The topological polar surface area (TPSA) is 56.1 Å². The second kappa shape index (κ2) is 5.62. The van der Waals surface area contributed by atoms with Gasteiger partial charge >= 0.3 is 29.6 Å². The minimum absolute atomic E-state index is 0. The van der Waals surface area contributed by atoms with E-state index in [1.807, 2.05) is 0 Å². The number of nitriles is 1. The van der Waals surface area contributed by atoms with Gasteiger partial charge in [-0.25, -0.2) is 0 Å². The molecule has 1 aliphatic rings. The summed E-state index contributed by atoms with van der Waals surface area (Å²) in [6.07, 6.45) is 2.36. The van der Waals surface area contributed by atoms with Gasteiger partial charge in [-0.2, -0.15) is 5.26 Å². The molecule has 1 rings (SSSR count). The largest absolute Gasteiger partial charge is 1.00 e. The quantitative estimate of drug-likeness (QED) is 0.233. The number of ether oxygens (including phenoxy) is 1. The zero-order chi connectivity index (χ0) is 7.40. The molecule has 11 heavy (non-hydrogen) atoms. The molecule has 0 aromatic rings. The summed E-state index contributed by atoms with van der Waals surface area (Å²) in [5, 5.41) is 19.0. The number of nitrogens with zero attached hydrogens (tertiary/aromatic N) is 1. The normalized spacial score (nSPS) is 23.9. The molecule has 54 valence electrons. The van der Waals surface area contributed by atoms with Crippen LogP contribution >= 0.6 is 0 Å². The van der Waals surface area contributed by atoms with E-state index in [1.54, 1.807) is 6.07 Å². The van der Waals surface area contributed by atoms with E-state index in [2.05, 4.69) is 0 Å². The second-order valence-corrected chi connectivity index (χ2v) is 2.18. The molecule has 0 spiro atoms. The van der Waals surface area contributed by atoms with Crippen molar-refractivity contribution in [2.75, 3.05) is 6.61 Å². The maximum Gasteiger partial charge on any atom is 1.00 e. The fourth-order valence-corrected chi connectivity index (χ4v) is 0.959. The van der Waals surface area contributed by atoms with E-state index in [-0.39, 0.29) is 41.4 Å². The summed E-state index contributed by atoms with van der Waals surface area (Å²) in [4.78, 5) is 0. The van der Waals surface area contributed by atoms with Gasteiger partial charge < -0.3 is 9.84 Å². The van der Waals surface area contributed by atoms with Crippen molar-refractivity contribution in [3.05, 3.63) is 11.8 Å². The van der Waals surface area contributed by atoms with Crippen molar-refractivity contribution in [2.45, 2.75) is 18.9 Å². The first-order chi connectivity index (χ1) is 4.84. The SMILES string of the molecule is N#C/C=C(\[O-])C1CCCO1.[Na+]. The van der Waals surface area contributed by atoms with Crippen molar-refractivity contribution < 1.29 is 39.4 Å². The van der Waals surface area contributed by atoms with Gasteiger partial charge in [0.05, 0.1) is 12.2 Å². The molecule has 1 aliphatic heterocycles.